The lowest BCUT2D eigenvalue weighted by atomic mass is 9.97. The second-order valence-corrected chi connectivity index (χ2v) is 13.2. The summed E-state index contributed by atoms with van der Waals surface area (Å²) < 4.78 is 18.2. The third kappa shape index (κ3) is 7.67. The highest BCUT2D eigenvalue weighted by molar-refractivity contribution is 7.22. The smallest absolute Gasteiger partial charge is 0.343 e. The fourth-order valence-electron chi connectivity index (χ4n) is 6.07. The normalized spacial score (nSPS) is 13.1. The molecule has 250 valence electrons. The number of likely N-dealkylation sites (tertiary alicyclic amines) is 1. The highest BCUT2D eigenvalue weighted by Crippen LogP contribution is 2.42. The van der Waals surface area contributed by atoms with E-state index >= 15 is 0 Å². The number of hydrogen-bond donors (Lipinski definition) is 0. The van der Waals surface area contributed by atoms with Gasteiger partial charge in [0, 0.05) is 32.6 Å². The number of rotatable bonds is 11. The second-order valence-electron chi connectivity index (χ2n) is 12.1. The van der Waals surface area contributed by atoms with Gasteiger partial charge in [-0.15, -0.1) is 11.3 Å². The Balaban J connectivity index is 1.18. The Hall–Kier alpha value is -5.57. The van der Waals surface area contributed by atoms with Crippen LogP contribution in [0.3, 0.4) is 0 Å². The van der Waals surface area contributed by atoms with E-state index in [-0.39, 0.29) is 5.78 Å². The lowest BCUT2D eigenvalue weighted by Crippen LogP contribution is -2.33. The number of piperidine rings is 1. The van der Waals surface area contributed by atoms with Crippen LogP contribution in [0.15, 0.2) is 127 Å². The molecule has 1 fully saturated rings. The molecule has 0 radical (unpaired) electrons. The van der Waals surface area contributed by atoms with Gasteiger partial charge in [0.05, 0.1) is 11.1 Å². The maximum atomic E-state index is 14.3. The maximum absolute atomic E-state index is 14.3. The molecule has 5 aromatic carbocycles. The fourth-order valence-corrected chi connectivity index (χ4v) is 7.30. The predicted octanol–water partition coefficient (Wildman–Crippen LogP) is 9.10. The standard InChI is InChI=1S/C42H35NO6S/c44-39(29-17-19-33(20-18-29)47-26-25-43-23-8-3-9-24-43)38-36-22-21-35(49-42(46)31-13-6-2-7-14-31)28-37(36)50-40(38)32-15-10-16-34(27-32)48-41(45)30-11-4-1-5-12-30/h1-2,4-7,10-22,27-28H,3,8-9,23-26H2. The summed E-state index contributed by atoms with van der Waals surface area (Å²) in [4.78, 5) is 43.1. The zero-order valence-corrected chi connectivity index (χ0v) is 28.2. The van der Waals surface area contributed by atoms with Crippen molar-refractivity contribution in [2.24, 2.45) is 0 Å². The first-order valence-corrected chi connectivity index (χ1v) is 17.5. The third-order valence-electron chi connectivity index (χ3n) is 8.67. The fraction of sp³-hybridized carbons (Fsp3) is 0.167. The molecule has 8 heteroatoms. The summed E-state index contributed by atoms with van der Waals surface area (Å²) in [6.45, 7) is 3.70. The van der Waals surface area contributed by atoms with E-state index in [4.69, 9.17) is 14.2 Å². The zero-order chi connectivity index (χ0) is 34.3. The minimum atomic E-state index is -0.474. The number of nitrogens with zero attached hydrogens (tertiary/aromatic N) is 1. The SMILES string of the molecule is O=C(Oc1cccc(-c2sc3cc(OC(=O)c4ccccc4)ccc3c2C(=O)c2ccc(OCCN3CCCCC3)cc2)c1)c1ccccc1. The average Bonchev–Trinajstić information content (AvgIpc) is 3.55. The van der Waals surface area contributed by atoms with Crippen LogP contribution in [0.2, 0.25) is 0 Å². The first-order chi connectivity index (χ1) is 24.5. The number of carbonyl (C=O) groups is 3. The van der Waals surface area contributed by atoms with Gasteiger partial charge in [-0.1, -0.05) is 55.0 Å². The Labute approximate surface area is 294 Å². The van der Waals surface area contributed by atoms with Crippen LogP contribution < -0.4 is 14.2 Å². The number of carbonyl (C=O) groups excluding carboxylic acids is 3. The molecule has 6 aromatic rings. The van der Waals surface area contributed by atoms with Crippen LogP contribution in [0.5, 0.6) is 17.2 Å². The Morgan fingerprint density at radius 3 is 1.88 bits per heavy atom. The van der Waals surface area contributed by atoms with Crippen LogP contribution in [0.25, 0.3) is 20.5 Å². The van der Waals surface area contributed by atoms with Crippen molar-refractivity contribution in [2.45, 2.75) is 19.3 Å². The van der Waals surface area contributed by atoms with E-state index in [1.165, 1.54) is 30.6 Å². The molecule has 7 nitrogen and oxygen atoms in total. The molecule has 0 bridgehead atoms. The molecule has 1 saturated heterocycles. The van der Waals surface area contributed by atoms with Gasteiger partial charge in [0.25, 0.3) is 0 Å². The van der Waals surface area contributed by atoms with Crippen LogP contribution in [-0.2, 0) is 0 Å². The van der Waals surface area contributed by atoms with Gasteiger partial charge in [0.1, 0.15) is 23.9 Å². The van der Waals surface area contributed by atoms with Gasteiger partial charge in [0.15, 0.2) is 5.78 Å². The molecule has 0 amide bonds. The van der Waals surface area contributed by atoms with E-state index < -0.39 is 11.9 Å². The molecule has 0 atom stereocenters. The highest BCUT2D eigenvalue weighted by atomic mass is 32.1. The van der Waals surface area contributed by atoms with Crippen LogP contribution in [0.4, 0.5) is 0 Å². The van der Waals surface area contributed by atoms with Crippen molar-refractivity contribution in [3.8, 4) is 27.7 Å². The molecule has 1 aliphatic heterocycles. The summed E-state index contributed by atoms with van der Waals surface area (Å²) in [7, 11) is 0. The molecule has 0 saturated carbocycles. The minimum absolute atomic E-state index is 0.160. The summed E-state index contributed by atoms with van der Waals surface area (Å²) in [6, 6.07) is 37.3. The number of benzene rings is 5. The van der Waals surface area contributed by atoms with E-state index in [0.29, 0.717) is 56.5 Å². The van der Waals surface area contributed by atoms with Crippen LogP contribution >= 0.6 is 11.3 Å². The third-order valence-corrected chi connectivity index (χ3v) is 9.87. The van der Waals surface area contributed by atoms with E-state index in [0.717, 1.165) is 29.7 Å². The topological polar surface area (TPSA) is 82.1 Å². The van der Waals surface area contributed by atoms with Crippen molar-refractivity contribution in [3.63, 3.8) is 0 Å². The van der Waals surface area contributed by atoms with Gasteiger partial charge in [0.2, 0.25) is 0 Å². The Morgan fingerprint density at radius 2 is 1.22 bits per heavy atom. The predicted molar refractivity (Wildman–Crippen MR) is 196 cm³/mol. The highest BCUT2D eigenvalue weighted by Gasteiger charge is 2.23. The molecule has 1 aliphatic rings. The molecule has 0 N–H and O–H groups in total. The molecular weight excluding hydrogens is 647 g/mol. The summed E-state index contributed by atoms with van der Waals surface area (Å²) in [6.07, 6.45) is 3.77. The van der Waals surface area contributed by atoms with Crippen molar-refractivity contribution in [1.82, 2.24) is 4.90 Å². The molecule has 7 rings (SSSR count). The number of fused-ring (bicyclic) bond motifs is 1. The van der Waals surface area contributed by atoms with E-state index in [1.807, 2.05) is 36.4 Å². The van der Waals surface area contributed by atoms with Crippen LogP contribution in [0, 0.1) is 0 Å². The van der Waals surface area contributed by atoms with Crippen LogP contribution in [0.1, 0.15) is 55.9 Å². The van der Waals surface area contributed by atoms with Gasteiger partial charge in [-0.2, -0.15) is 0 Å². The van der Waals surface area contributed by atoms with Gasteiger partial charge >= 0.3 is 11.9 Å². The number of thiophene rings is 1. The quantitative estimate of drug-likeness (QED) is 0.0767. The lowest BCUT2D eigenvalue weighted by Gasteiger charge is -2.26. The molecule has 0 aliphatic carbocycles. The molecule has 0 unspecified atom stereocenters. The van der Waals surface area contributed by atoms with E-state index in [9.17, 15) is 14.4 Å². The van der Waals surface area contributed by atoms with E-state index in [1.54, 1.807) is 91.0 Å². The summed E-state index contributed by atoms with van der Waals surface area (Å²) in [5, 5.41) is 0.725. The number of ketones is 1. The van der Waals surface area contributed by atoms with Gasteiger partial charge in [-0.25, -0.2) is 9.59 Å². The largest absolute Gasteiger partial charge is 0.492 e. The maximum Gasteiger partial charge on any atom is 0.343 e. The number of ether oxygens (including phenoxy) is 3. The van der Waals surface area contributed by atoms with Crippen molar-refractivity contribution < 1.29 is 28.6 Å². The minimum Gasteiger partial charge on any atom is -0.492 e. The van der Waals surface area contributed by atoms with Crippen molar-refractivity contribution in [3.05, 3.63) is 150 Å². The molecule has 50 heavy (non-hydrogen) atoms. The van der Waals surface area contributed by atoms with Gasteiger partial charge in [-0.05, 0) is 110 Å². The first-order valence-electron chi connectivity index (χ1n) is 16.7. The molecule has 2 heterocycles. The molecule has 0 spiro atoms. The summed E-state index contributed by atoms with van der Waals surface area (Å²) in [5.74, 6) is 0.340. The average molecular weight is 682 g/mol. The Bertz CT molecular complexity index is 2120. The lowest BCUT2D eigenvalue weighted by molar-refractivity contribution is 0.0725. The molecule has 1 aromatic heterocycles. The Morgan fingerprint density at radius 1 is 0.600 bits per heavy atom. The van der Waals surface area contributed by atoms with Gasteiger partial charge in [-0.3, -0.25) is 9.69 Å². The van der Waals surface area contributed by atoms with E-state index in [2.05, 4.69) is 4.90 Å². The van der Waals surface area contributed by atoms with Crippen LogP contribution in [-0.4, -0.2) is 48.9 Å². The summed E-state index contributed by atoms with van der Waals surface area (Å²) in [5.41, 5.74) is 2.62. The molecular formula is C42H35NO6S. The second kappa shape index (κ2) is 15.3. The van der Waals surface area contributed by atoms with Crippen molar-refractivity contribution in [1.29, 1.82) is 0 Å². The zero-order valence-electron chi connectivity index (χ0n) is 27.4. The summed E-state index contributed by atoms with van der Waals surface area (Å²) >= 11 is 1.41. The first kappa shape index (κ1) is 33.0. The Kier molecular flexibility index (Phi) is 10.1. The number of hydrogen-bond acceptors (Lipinski definition) is 8. The van der Waals surface area contributed by atoms with Crippen molar-refractivity contribution >= 4 is 39.1 Å². The monoisotopic (exact) mass is 681 g/mol. The van der Waals surface area contributed by atoms with Gasteiger partial charge < -0.3 is 14.2 Å². The van der Waals surface area contributed by atoms with Crippen molar-refractivity contribution in [2.75, 3.05) is 26.2 Å². The number of esters is 2.